The molecular formula is C10H15N3O2. The quantitative estimate of drug-likeness (QED) is 0.754. The standard InChI is InChI=1S/C10H15N3O2/c1-6-5-7(2)12-10(11-6)13-8(3)9(14)15-4/h5,8H,1-4H3,(H,11,12,13). The second kappa shape index (κ2) is 4.72. The number of hydrogen-bond donors (Lipinski definition) is 1. The lowest BCUT2D eigenvalue weighted by atomic mass is 10.3. The number of aromatic nitrogens is 2. The number of carbonyl (C=O) groups excluding carboxylic acids is 1. The number of nitrogens with one attached hydrogen (secondary N) is 1. The first-order chi connectivity index (χ1) is 7.02. The smallest absolute Gasteiger partial charge is 0.328 e. The molecule has 1 N–H and O–H groups in total. The van der Waals surface area contributed by atoms with E-state index in [1.807, 2.05) is 19.9 Å². The van der Waals surface area contributed by atoms with Crippen LogP contribution in [0.5, 0.6) is 0 Å². The summed E-state index contributed by atoms with van der Waals surface area (Å²) in [6.45, 7) is 5.46. The molecule has 1 aromatic heterocycles. The van der Waals surface area contributed by atoms with Gasteiger partial charge in [-0.2, -0.15) is 0 Å². The van der Waals surface area contributed by atoms with Crippen LogP contribution < -0.4 is 5.32 Å². The molecule has 0 radical (unpaired) electrons. The Morgan fingerprint density at radius 1 is 1.40 bits per heavy atom. The van der Waals surface area contributed by atoms with Crippen molar-refractivity contribution in [2.45, 2.75) is 26.8 Å². The normalized spacial score (nSPS) is 12.0. The molecule has 0 saturated heterocycles. The van der Waals surface area contributed by atoms with E-state index < -0.39 is 6.04 Å². The molecule has 82 valence electrons. The van der Waals surface area contributed by atoms with Gasteiger partial charge in [0.2, 0.25) is 5.95 Å². The molecule has 5 heteroatoms. The highest BCUT2D eigenvalue weighted by molar-refractivity contribution is 5.77. The maximum absolute atomic E-state index is 11.1. The minimum absolute atomic E-state index is 0.335. The molecule has 0 fully saturated rings. The van der Waals surface area contributed by atoms with Gasteiger partial charge in [0.05, 0.1) is 7.11 Å². The van der Waals surface area contributed by atoms with E-state index in [4.69, 9.17) is 0 Å². The van der Waals surface area contributed by atoms with E-state index in [-0.39, 0.29) is 5.97 Å². The fraction of sp³-hybridized carbons (Fsp3) is 0.500. The minimum Gasteiger partial charge on any atom is -0.467 e. The van der Waals surface area contributed by atoms with Gasteiger partial charge in [-0.3, -0.25) is 0 Å². The highest BCUT2D eigenvalue weighted by Crippen LogP contribution is 2.05. The topological polar surface area (TPSA) is 64.1 Å². The summed E-state index contributed by atoms with van der Waals surface area (Å²) < 4.78 is 4.59. The van der Waals surface area contributed by atoms with Crippen LogP contribution in [0, 0.1) is 13.8 Å². The van der Waals surface area contributed by atoms with Crippen molar-refractivity contribution in [1.82, 2.24) is 9.97 Å². The summed E-state index contributed by atoms with van der Waals surface area (Å²) in [5, 5.41) is 2.88. The molecule has 5 nitrogen and oxygen atoms in total. The Hall–Kier alpha value is -1.65. The van der Waals surface area contributed by atoms with Crippen molar-refractivity contribution < 1.29 is 9.53 Å². The van der Waals surface area contributed by atoms with Crippen LogP contribution in [0.25, 0.3) is 0 Å². The fourth-order valence-electron chi connectivity index (χ4n) is 1.22. The third-order valence-corrected chi connectivity index (χ3v) is 1.88. The van der Waals surface area contributed by atoms with Gasteiger partial charge in [-0.05, 0) is 26.8 Å². The molecule has 15 heavy (non-hydrogen) atoms. The molecule has 0 bridgehead atoms. The Labute approximate surface area is 88.9 Å². The number of methoxy groups -OCH3 is 1. The molecule has 1 rings (SSSR count). The second-order valence-corrected chi connectivity index (χ2v) is 3.36. The number of aryl methyl sites for hydroxylation is 2. The molecular weight excluding hydrogens is 194 g/mol. The van der Waals surface area contributed by atoms with Gasteiger partial charge in [-0.1, -0.05) is 0 Å². The van der Waals surface area contributed by atoms with Gasteiger partial charge in [0.15, 0.2) is 0 Å². The molecule has 1 atom stereocenters. The molecule has 0 aliphatic carbocycles. The van der Waals surface area contributed by atoms with Gasteiger partial charge in [-0.25, -0.2) is 14.8 Å². The van der Waals surface area contributed by atoms with Crippen LogP contribution in [0.1, 0.15) is 18.3 Å². The summed E-state index contributed by atoms with van der Waals surface area (Å²) in [7, 11) is 1.35. The molecule has 0 spiro atoms. The number of rotatable bonds is 3. The van der Waals surface area contributed by atoms with Crippen LogP contribution in [0.3, 0.4) is 0 Å². The largest absolute Gasteiger partial charge is 0.467 e. The van der Waals surface area contributed by atoms with Gasteiger partial charge >= 0.3 is 5.97 Å². The zero-order valence-corrected chi connectivity index (χ0v) is 9.37. The lowest BCUT2D eigenvalue weighted by Gasteiger charge is -2.11. The van der Waals surface area contributed by atoms with Crippen LogP contribution >= 0.6 is 0 Å². The molecule has 0 aromatic carbocycles. The fourth-order valence-corrected chi connectivity index (χ4v) is 1.22. The first kappa shape index (κ1) is 11.4. The number of hydrogen-bond acceptors (Lipinski definition) is 5. The highest BCUT2D eigenvalue weighted by atomic mass is 16.5. The lowest BCUT2D eigenvalue weighted by Crippen LogP contribution is -2.28. The maximum Gasteiger partial charge on any atom is 0.328 e. The van der Waals surface area contributed by atoms with Crippen LogP contribution in [-0.4, -0.2) is 29.1 Å². The van der Waals surface area contributed by atoms with Crippen LogP contribution in [0.15, 0.2) is 6.07 Å². The zero-order chi connectivity index (χ0) is 11.4. The zero-order valence-electron chi connectivity index (χ0n) is 9.37. The van der Waals surface area contributed by atoms with Crippen molar-refractivity contribution in [2.75, 3.05) is 12.4 Å². The Kier molecular flexibility index (Phi) is 3.60. The van der Waals surface area contributed by atoms with Crippen molar-refractivity contribution in [3.63, 3.8) is 0 Å². The van der Waals surface area contributed by atoms with Crippen LogP contribution in [-0.2, 0) is 9.53 Å². The molecule has 1 heterocycles. The number of nitrogens with zero attached hydrogens (tertiary/aromatic N) is 2. The van der Waals surface area contributed by atoms with Gasteiger partial charge in [-0.15, -0.1) is 0 Å². The maximum atomic E-state index is 11.1. The van der Waals surface area contributed by atoms with Crippen molar-refractivity contribution in [2.24, 2.45) is 0 Å². The Morgan fingerprint density at radius 2 is 1.93 bits per heavy atom. The van der Waals surface area contributed by atoms with Crippen molar-refractivity contribution in [3.8, 4) is 0 Å². The van der Waals surface area contributed by atoms with Gasteiger partial charge < -0.3 is 10.1 Å². The summed E-state index contributed by atoms with van der Waals surface area (Å²) in [6, 6.07) is 1.42. The third kappa shape index (κ3) is 3.19. The van der Waals surface area contributed by atoms with Crippen molar-refractivity contribution in [3.05, 3.63) is 17.5 Å². The monoisotopic (exact) mass is 209 g/mol. The van der Waals surface area contributed by atoms with Crippen LogP contribution in [0.4, 0.5) is 5.95 Å². The van der Waals surface area contributed by atoms with E-state index in [1.54, 1.807) is 6.92 Å². The minimum atomic E-state index is -0.448. The highest BCUT2D eigenvalue weighted by Gasteiger charge is 2.13. The summed E-state index contributed by atoms with van der Waals surface area (Å²) in [6.07, 6.45) is 0. The first-order valence-corrected chi connectivity index (χ1v) is 4.69. The first-order valence-electron chi connectivity index (χ1n) is 4.69. The molecule has 0 aliphatic heterocycles. The predicted octanol–water partition coefficient (Wildman–Crippen LogP) is 1.07. The average Bonchev–Trinajstić information content (AvgIpc) is 2.14. The van der Waals surface area contributed by atoms with E-state index in [9.17, 15) is 4.79 Å². The predicted molar refractivity (Wildman–Crippen MR) is 56.6 cm³/mol. The summed E-state index contributed by atoms with van der Waals surface area (Å²) in [4.78, 5) is 19.5. The summed E-state index contributed by atoms with van der Waals surface area (Å²) >= 11 is 0. The number of esters is 1. The number of anilines is 1. The Balaban J connectivity index is 2.76. The molecule has 1 unspecified atom stereocenters. The molecule has 0 amide bonds. The van der Waals surface area contributed by atoms with Crippen LogP contribution in [0.2, 0.25) is 0 Å². The van der Waals surface area contributed by atoms with Gasteiger partial charge in [0.25, 0.3) is 0 Å². The number of ether oxygens (including phenoxy) is 1. The van der Waals surface area contributed by atoms with Gasteiger partial charge in [0, 0.05) is 11.4 Å². The van der Waals surface area contributed by atoms with E-state index in [0.29, 0.717) is 5.95 Å². The summed E-state index contributed by atoms with van der Waals surface area (Å²) in [5.74, 6) is 0.114. The summed E-state index contributed by atoms with van der Waals surface area (Å²) in [5.41, 5.74) is 1.73. The average molecular weight is 209 g/mol. The molecule has 0 saturated carbocycles. The van der Waals surface area contributed by atoms with Crippen molar-refractivity contribution in [1.29, 1.82) is 0 Å². The lowest BCUT2D eigenvalue weighted by molar-refractivity contribution is -0.141. The van der Waals surface area contributed by atoms with E-state index in [1.165, 1.54) is 7.11 Å². The van der Waals surface area contributed by atoms with E-state index in [0.717, 1.165) is 11.4 Å². The molecule has 0 aliphatic rings. The Morgan fingerprint density at radius 3 is 2.40 bits per heavy atom. The van der Waals surface area contributed by atoms with Crippen molar-refractivity contribution >= 4 is 11.9 Å². The van der Waals surface area contributed by atoms with E-state index >= 15 is 0 Å². The SMILES string of the molecule is COC(=O)C(C)Nc1nc(C)cc(C)n1. The second-order valence-electron chi connectivity index (χ2n) is 3.36. The van der Waals surface area contributed by atoms with Gasteiger partial charge in [0.1, 0.15) is 6.04 Å². The third-order valence-electron chi connectivity index (χ3n) is 1.88. The Bertz CT molecular complexity index is 345. The molecule has 1 aromatic rings. The van der Waals surface area contributed by atoms with E-state index in [2.05, 4.69) is 20.0 Å². The number of carbonyl (C=O) groups is 1.